The van der Waals surface area contributed by atoms with Crippen LogP contribution >= 0.6 is 0 Å². The minimum absolute atomic E-state index is 0.0652. The van der Waals surface area contributed by atoms with Gasteiger partial charge in [-0.3, -0.25) is 0 Å². The van der Waals surface area contributed by atoms with Crippen molar-refractivity contribution in [3.8, 4) is 17.0 Å². The summed E-state index contributed by atoms with van der Waals surface area (Å²) >= 11 is 0. The van der Waals surface area contributed by atoms with Crippen LogP contribution in [-0.2, 0) is 17.5 Å². The van der Waals surface area contributed by atoms with E-state index in [1.54, 1.807) is 0 Å². The summed E-state index contributed by atoms with van der Waals surface area (Å²) in [6.07, 6.45) is -9.64. The van der Waals surface area contributed by atoms with Crippen molar-refractivity contribution in [2.24, 2.45) is 0 Å². The Hall–Kier alpha value is -2.89. The molecule has 3 rings (SSSR count). The van der Waals surface area contributed by atoms with Crippen LogP contribution in [0.3, 0.4) is 0 Å². The molecule has 0 aliphatic rings. The van der Waals surface area contributed by atoms with E-state index >= 15 is 0 Å². The third-order valence-corrected chi connectivity index (χ3v) is 3.38. The molecule has 0 fully saturated rings. The van der Waals surface area contributed by atoms with Crippen molar-refractivity contribution >= 4 is 5.65 Å². The number of methoxy groups -OCH3 is 1. The quantitative estimate of drug-likeness (QED) is 0.631. The van der Waals surface area contributed by atoms with Crippen molar-refractivity contribution in [1.29, 1.82) is 0 Å². The van der Waals surface area contributed by atoms with Crippen molar-refractivity contribution < 1.29 is 35.8 Å². The molecule has 3 aromatic rings. The van der Waals surface area contributed by atoms with Gasteiger partial charge in [0.2, 0.25) is 0 Å². The lowest BCUT2D eigenvalue weighted by Gasteiger charge is -2.11. The smallest absolute Gasteiger partial charge is 0.406 e. The van der Waals surface area contributed by atoms with E-state index in [1.165, 1.54) is 25.3 Å². The Morgan fingerprint density at radius 2 is 1.67 bits per heavy atom. The van der Waals surface area contributed by atoms with Crippen molar-refractivity contribution in [3.63, 3.8) is 0 Å². The summed E-state index contributed by atoms with van der Waals surface area (Å²) in [6, 6.07) is 5.96. The summed E-state index contributed by atoms with van der Waals surface area (Å²) in [5.41, 5.74) is 0.482. The molecule has 0 aliphatic heterocycles. The number of ether oxygens (including phenoxy) is 2. The lowest BCUT2D eigenvalue weighted by Crippen LogP contribution is -2.17. The molecule has 0 spiro atoms. The van der Waals surface area contributed by atoms with Crippen LogP contribution in [0.2, 0.25) is 0 Å². The Bertz CT molecular complexity index is 950. The van der Waals surface area contributed by atoms with Crippen LogP contribution in [0.5, 0.6) is 5.75 Å². The molecule has 27 heavy (non-hydrogen) atoms. The maximum atomic E-state index is 13.1. The highest BCUT2D eigenvalue weighted by atomic mass is 19.4. The van der Waals surface area contributed by atoms with Crippen LogP contribution in [0.25, 0.3) is 16.9 Å². The van der Waals surface area contributed by atoms with Gasteiger partial charge in [-0.05, 0) is 30.3 Å². The highest BCUT2D eigenvalue weighted by Gasteiger charge is 2.38. The second-order valence-electron chi connectivity index (χ2n) is 5.32. The van der Waals surface area contributed by atoms with Gasteiger partial charge in [-0.25, -0.2) is 0 Å². The molecule has 0 atom stereocenters. The van der Waals surface area contributed by atoms with Crippen molar-refractivity contribution in [2.45, 2.75) is 19.1 Å². The Morgan fingerprint density at radius 3 is 2.22 bits per heavy atom. The first-order valence-corrected chi connectivity index (χ1v) is 7.26. The number of rotatable bonds is 4. The first-order chi connectivity index (χ1) is 12.6. The molecule has 0 aliphatic carbocycles. The first-order valence-electron chi connectivity index (χ1n) is 7.26. The average Bonchev–Trinajstić information content (AvgIpc) is 2.98. The summed E-state index contributed by atoms with van der Waals surface area (Å²) in [5.74, 6) is -1.79. The Labute approximate surface area is 147 Å². The van der Waals surface area contributed by atoms with E-state index < -0.39 is 24.1 Å². The van der Waals surface area contributed by atoms with Crippen LogP contribution in [0.15, 0.2) is 30.3 Å². The SMILES string of the molecule is COCc1cc(-c2ccc(OC(F)(F)F)cc2)nn2c(C(F)(F)F)nnc12. The zero-order valence-electron chi connectivity index (χ0n) is 13.5. The molecule has 0 saturated heterocycles. The van der Waals surface area contributed by atoms with Crippen molar-refractivity contribution in [3.05, 3.63) is 41.7 Å². The van der Waals surface area contributed by atoms with Gasteiger partial charge in [-0.1, -0.05) is 0 Å². The summed E-state index contributed by atoms with van der Waals surface area (Å²) in [4.78, 5) is 0. The third kappa shape index (κ3) is 4.10. The molecule has 12 heteroatoms. The number of hydrogen-bond acceptors (Lipinski definition) is 5. The third-order valence-electron chi connectivity index (χ3n) is 3.38. The number of alkyl halides is 6. The van der Waals surface area contributed by atoms with Crippen LogP contribution in [-0.4, -0.2) is 33.3 Å². The molecule has 0 radical (unpaired) electrons. The second kappa shape index (κ2) is 6.68. The largest absolute Gasteiger partial charge is 0.573 e. The predicted molar refractivity (Wildman–Crippen MR) is 78.6 cm³/mol. The monoisotopic (exact) mass is 392 g/mol. The standard InChI is InChI=1S/C15H10F6N4O2/c1-26-7-9-6-11(8-2-4-10(5-3-8)27-15(19,20)21)24-25-12(9)22-23-13(25)14(16,17)18/h2-6H,7H2,1H3. The highest BCUT2D eigenvalue weighted by Crippen LogP contribution is 2.30. The van der Waals surface area contributed by atoms with E-state index in [0.717, 1.165) is 12.1 Å². The molecule has 2 aromatic heterocycles. The maximum absolute atomic E-state index is 13.1. The number of nitrogens with zero attached hydrogens (tertiary/aromatic N) is 4. The predicted octanol–water partition coefficient (Wildman–Crippen LogP) is 3.86. The zero-order valence-corrected chi connectivity index (χ0v) is 13.5. The molecule has 0 unspecified atom stereocenters. The van der Waals surface area contributed by atoms with E-state index in [1.807, 2.05) is 0 Å². The molecule has 6 nitrogen and oxygen atoms in total. The Morgan fingerprint density at radius 1 is 1.00 bits per heavy atom. The Balaban J connectivity index is 2.08. The summed E-state index contributed by atoms with van der Waals surface area (Å²) in [7, 11) is 1.35. The molecule has 2 heterocycles. The van der Waals surface area contributed by atoms with Gasteiger partial charge in [-0.2, -0.15) is 22.8 Å². The van der Waals surface area contributed by atoms with Gasteiger partial charge < -0.3 is 9.47 Å². The van der Waals surface area contributed by atoms with E-state index in [0.29, 0.717) is 4.52 Å². The van der Waals surface area contributed by atoms with Gasteiger partial charge in [0.1, 0.15) is 5.75 Å². The van der Waals surface area contributed by atoms with Crippen molar-refractivity contribution in [1.82, 2.24) is 19.8 Å². The Kier molecular flexibility index (Phi) is 4.68. The van der Waals surface area contributed by atoms with E-state index in [2.05, 4.69) is 20.0 Å². The minimum Gasteiger partial charge on any atom is -0.406 e. The van der Waals surface area contributed by atoms with Crippen LogP contribution in [0.4, 0.5) is 26.3 Å². The topological polar surface area (TPSA) is 61.5 Å². The van der Waals surface area contributed by atoms with Gasteiger partial charge in [0, 0.05) is 18.2 Å². The molecule has 144 valence electrons. The zero-order chi connectivity index (χ0) is 19.8. The van der Waals surface area contributed by atoms with E-state index in [-0.39, 0.29) is 29.1 Å². The maximum Gasteiger partial charge on any atom is 0.573 e. The number of benzene rings is 1. The molecular formula is C15H10F6N4O2. The molecule has 0 saturated carbocycles. The van der Waals surface area contributed by atoms with Gasteiger partial charge in [0.05, 0.1) is 12.3 Å². The molecule has 0 amide bonds. The summed E-state index contributed by atoms with van der Waals surface area (Å²) in [5, 5.41) is 10.5. The highest BCUT2D eigenvalue weighted by molar-refractivity contribution is 5.63. The van der Waals surface area contributed by atoms with E-state index in [4.69, 9.17) is 4.74 Å². The number of halogens is 6. The molecule has 1 aromatic carbocycles. The van der Waals surface area contributed by atoms with Gasteiger partial charge in [0.25, 0.3) is 5.82 Å². The number of fused-ring (bicyclic) bond motifs is 1. The molecule has 0 bridgehead atoms. The van der Waals surface area contributed by atoms with Crippen LogP contribution in [0, 0.1) is 0 Å². The normalized spacial score (nSPS) is 12.6. The number of aromatic nitrogens is 4. The fourth-order valence-electron chi connectivity index (χ4n) is 2.35. The minimum atomic E-state index is -4.85. The van der Waals surface area contributed by atoms with Crippen LogP contribution in [0.1, 0.15) is 11.4 Å². The second-order valence-corrected chi connectivity index (χ2v) is 5.32. The lowest BCUT2D eigenvalue weighted by atomic mass is 10.1. The summed E-state index contributed by atoms with van der Waals surface area (Å²) < 4.78 is 85.2. The average molecular weight is 392 g/mol. The van der Waals surface area contributed by atoms with Crippen molar-refractivity contribution in [2.75, 3.05) is 7.11 Å². The van der Waals surface area contributed by atoms with Gasteiger partial charge in [0.15, 0.2) is 5.65 Å². The number of hydrogen-bond donors (Lipinski definition) is 0. The van der Waals surface area contributed by atoms with Crippen LogP contribution < -0.4 is 4.74 Å². The lowest BCUT2D eigenvalue weighted by molar-refractivity contribution is -0.274. The molecular weight excluding hydrogens is 382 g/mol. The fourth-order valence-corrected chi connectivity index (χ4v) is 2.35. The molecule has 0 N–H and O–H groups in total. The van der Waals surface area contributed by atoms with E-state index in [9.17, 15) is 26.3 Å². The first kappa shape index (κ1) is 18.9. The summed E-state index contributed by atoms with van der Waals surface area (Å²) in [6.45, 7) is -0.0652. The fraction of sp³-hybridized carbons (Fsp3) is 0.267. The van der Waals surface area contributed by atoms with Gasteiger partial charge >= 0.3 is 12.5 Å². The van der Waals surface area contributed by atoms with Gasteiger partial charge in [-0.15, -0.1) is 23.4 Å².